The molecule has 1 N–H and O–H groups in total. The van der Waals surface area contributed by atoms with Crippen LogP contribution in [-0.4, -0.2) is 43.7 Å². The van der Waals surface area contributed by atoms with Gasteiger partial charge in [0.15, 0.2) is 11.5 Å². The molecule has 6 nitrogen and oxygen atoms in total. The molecule has 2 aliphatic rings. The molecule has 0 aliphatic carbocycles. The number of anilines is 1. The minimum absolute atomic E-state index is 0.0554. The number of hydrogen-bond acceptors (Lipinski definition) is 5. The van der Waals surface area contributed by atoms with Gasteiger partial charge in [0.25, 0.3) is 0 Å². The molecule has 2 aromatic carbocycles. The van der Waals surface area contributed by atoms with Gasteiger partial charge in [-0.1, -0.05) is 0 Å². The Balaban J connectivity index is 1.22. The standard InChI is InChI=1S/C21H24N2O4S/c1-25-17-3-5-18(6-4-17)28-13-15-8-10-23(11-9-15)21(24)22-16-2-7-19-20(12-16)27-14-26-19/h2-7,12,15H,8-11,13-14H2,1H3,(H,22,24). The number of likely N-dealkylation sites (tertiary alicyclic amines) is 1. The van der Waals surface area contributed by atoms with E-state index in [2.05, 4.69) is 17.4 Å². The third-order valence-electron chi connectivity index (χ3n) is 5.07. The van der Waals surface area contributed by atoms with Crippen molar-refractivity contribution in [2.45, 2.75) is 17.7 Å². The fourth-order valence-electron chi connectivity index (χ4n) is 3.37. The number of methoxy groups -OCH3 is 1. The smallest absolute Gasteiger partial charge is 0.321 e. The summed E-state index contributed by atoms with van der Waals surface area (Å²) in [7, 11) is 1.68. The number of nitrogens with one attached hydrogen (secondary N) is 1. The van der Waals surface area contributed by atoms with Crippen molar-refractivity contribution in [3.63, 3.8) is 0 Å². The molecule has 28 heavy (non-hydrogen) atoms. The maximum absolute atomic E-state index is 12.5. The quantitative estimate of drug-likeness (QED) is 0.751. The van der Waals surface area contributed by atoms with Gasteiger partial charge in [-0.15, -0.1) is 11.8 Å². The molecule has 0 spiro atoms. The number of carbonyl (C=O) groups is 1. The van der Waals surface area contributed by atoms with Crippen molar-refractivity contribution in [3.05, 3.63) is 42.5 Å². The van der Waals surface area contributed by atoms with Gasteiger partial charge in [-0.05, 0) is 55.2 Å². The SMILES string of the molecule is COc1ccc(SCC2CCN(C(=O)Nc3ccc4c(c3)OCO4)CC2)cc1. The monoisotopic (exact) mass is 400 g/mol. The largest absolute Gasteiger partial charge is 0.497 e. The molecule has 2 aromatic rings. The van der Waals surface area contributed by atoms with Crippen LogP contribution >= 0.6 is 11.8 Å². The Hall–Kier alpha value is -2.54. The summed E-state index contributed by atoms with van der Waals surface area (Å²) in [5.41, 5.74) is 0.728. The zero-order valence-electron chi connectivity index (χ0n) is 15.8. The van der Waals surface area contributed by atoms with Crippen molar-refractivity contribution in [2.75, 3.05) is 38.1 Å². The van der Waals surface area contributed by atoms with Gasteiger partial charge in [-0.25, -0.2) is 4.79 Å². The van der Waals surface area contributed by atoms with Crippen LogP contribution in [0.25, 0.3) is 0 Å². The highest BCUT2D eigenvalue weighted by molar-refractivity contribution is 7.99. The number of thioether (sulfide) groups is 1. The van der Waals surface area contributed by atoms with E-state index in [1.54, 1.807) is 13.2 Å². The Labute approximate surface area is 169 Å². The van der Waals surface area contributed by atoms with Crippen LogP contribution in [0.4, 0.5) is 10.5 Å². The predicted molar refractivity (Wildman–Crippen MR) is 110 cm³/mol. The highest BCUT2D eigenvalue weighted by Gasteiger charge is 2.23. The predicted octanol–water partition coefficient (Wildman–Crippen LogP) is 4.46. The second-order valence-electron chi connectivity index (χ2n) is 6.92. The van der Waals surface area contributed by atoms with E-state index < -0.39 is 0 Å². The summed E-state index contributed by atoms with van der Waals surface area (Å²) < 4.78 is 15.9. The topological polar surface area (TPSA) is 60.0 Å². The van der Waals surface area contributed by atoms with E-state index in [-0.39, 0.29) is 12.8 Å². The molecular formula is C21H24N2O4S. The van der Waals surface area contributed by atoms with Crippen LogP contribution in [0, 0.1) is 5.92 Å². The van der Waals surface area contributed by atoms with E-state index in [1.807, 2.05) is 40.9 Å². The summed E-state index contributed by atoms with van der Waals surface area (Å²) in [5, 5.41) is 2.96. The number of ether oxygens (including phenoxy) is 3. The summed E-state index contributed by atoms with van der Waals surface area (Å²) in [6.45, 7) is 1.79. The Morgan fingerprint density at radius 2 is 1.89 bits per heavy atom. The van der Waals surface area contributed by atoms with Gasteiger partial charge in [0.2, 0.25) is 6.79 Å². The van der Waals surface area contributed by atoms with Crippen LogP contribution in [0.15, 0.2) is 47.4 Å². The van der Waals surface area contributed by atoms with E-state index in [9.17, 15) is 4.79 Å². The molecule has 0 aromatic heterocycles. The summed E-state index contributed by atoms with van der Waals surface area (Å²) in [6, 6.07) is 13.6. The molecule has 0 atom stereocenters. The first-order chi connectivity index (χ1) is 13.7. The number of fused-ring (bicyclic) bond motifs is 1. The molecule has 2 aliphatic heterocycles. The van der Waals surface area contributed by atoms with Crippen LogP contribution in [-0.2, 0) is 0 Å². The van der Waals surface area contributed by atoms with Crippen molar-refractivity contribution >= 4 is 23.5 Å². The average Bonchev–Trinajstić information content (AvgIpc) is 3.21. The number of rotatable bonds is 5. The first-order valence-corrected chi connectivity index (χ1v) is 10.4. The molecule has 1 fully saturated rings. The lowest BCUT2D eigenvalue weighted by Gasteiger charge is -2.32. The van der Waals surface area contributed by atoms with Crippen LogP contribution < -0.4 is 19.5 Å². The van der Waals surface area contributed by atoms with Gasteiger partial charge in [0.1, 0.15) is 5.75 Å². The second-order valence-corrected chi connectivity index (χ2v) is 8.01. The Kier molecular flexibility index (Phi) is 5.81. The van der Waals surface area contributed by atoms with E-state index in [1.165, 1.54) is 4.90 Å². The molecule has 2 amide bonds. The molecule has 4 rings (SSSR count). The number of carbonyl (C=O) groups excluding carboxylic acids is 1. The Morgan fingerprint density at radius 1 is 1.14 bits per heavy atom. The van der Waals surface area contributed by atoms with Gasteiger partial charge in [-0.2, -0.15) is 0 Å². The molecule has 1 saturated heterocycles. The highest BCUT2D eigenvalue weighted by atomic mass is 32.2. The number of piperidine rings is 1. The molecule has 7 heteroatoms. The van der Waals surface area contributed by atoms with Crippen molar-refractivity contribution in [1.82, 2.24) is 4.90 Å². The van der Waals surface area contributed by atoms with Crippen molar-refractivity contribution in [1.29, 1.82) is 0 Å². The fourth-order valence-corrected chi connectivity index (χ4v) is 4.46. The highest BCUT2D eigenvalue weighted by Crippen LogP contribution is 2.34. The van der Waals surface area contributed by atoms with E-state index in [4.69, 9.17) is 14.2 Å². The van der Waals surface area contributed by atoms with Crippen molar-refractivity contribution in [3.8, 4) is 17.2 Å². The molecule has 0 saturated carbocycles. The molecule has 0 bridgehead atoms. The average molecular weight is 401 g/mol. The zero-order valence-corrected chi connectivity index (χ0v) is 16.7. The number of urea groups is 1. The Bertz CT molecular complexity index is 820. The lowest BCUT2D eigenvalue weighted by Crippen LogP contribution is -2.41. The van der Waals surface area contributed by atoms with E-state index in [0.29, 0.717) is 17.4 Å². The van der Waals surface area contributed by atoms with E-state index >= 15 is 0 Å². The first kappa shape index (κ1) is 18.8. The van der Waals surface area contributed by atoms with Crippen LogP contribution in [0.1, 0.15) is 12.8 Å². The lowest BCUT2D eigenvalue weighted by atomic mass is 9.99. The fraction of sp³-hybridized carbons (Fsp3) is 0.381. The van der Waals surface area contributed by atoms with E-state index in [0.717, 1.165) is 43.1 Å². The summed E-state index contributed by atoms with van der Waals surface area (Å²) in [6.07, 6.45) is 2.05. The van der Waals surface area contributed by atoms with Crippen LogP contribution in [0.5, 0.6) is 17.2 Å². The normalized spacial score (nSPS) is 16.1. The van der Waals surface area contributed by atoms with Crippen LogP contribution in [0.3, 0.4) is 0 Å². The third kappa shape index (κ3) is 4.47. The number of nitrogens with zero attached hydrogens (tertiary/aromatic N) is 1. The molecule has 2 heterocycles. The number of amides is 2. The minimum Gasteiger partial charge on any atom is -0.497 e. The number of benzene rings is 2. The molecule has 0 unspecified atom stereocenters. The maximum atomic E-state index is 12.5. The molecule has 0 radical (unpaired) electrons. The third-order valence-corrected chi connectivity index (χ3v) is 6.31. The maximum Gasteiger partial charge on any atom is 0.321 e. The van der Waals surface area contributed by atoms with Gasteiger partial charge >= 0.3 is 6.03 Å². The van der Waals surface area contributed by atoms with Crippen molar-refractivity contribution < 1.29 is 19.0 Å². The minimum atomic E-state index is -0.0554. The summed E-state index contributed by atoms with van der Waals surface area (Å²) in [4.78, 5) is 15.7. The van der Waals surface area contributed by atoms with Gasteiger partial charge in [0, 0.05) is 35.5 Å². The number of hydrogen-bond donors (Lipinski definition) is 1. The zero-order chi connectivity index (χ0) is 19.3. The van der Waals surface area contributed by atoms with Crippen molar-refractivity contribution in [2.24, 2.45) is 5.92 Å². The van der Waals surface area contributed by atoms with Gasteiger partial charge in [0.05, 0.1) is 7.11 Å². The molecule has 148 valence electrons. The Morgan fingerprint density at radius 3 is 2.64 bits per heavy atom. The summed E-state index contributed by atoms with van der Waals surface area (Å²) in [5.74, 6) is 3.97. The molecular weight excluding hydrogens is 376 g/mol. The second kappa shape index (κ2) is 8.65. The van der Waals surface area contributed by atoms with Crippen LogP contribution in [0.2, 0.25) is 0 Å². The summed E-state index contributed by atoms with van der Waals surface area (Å²) >= 11 is 1.87. The van der Waals surface area contributed by atoms with Gasteiger partial charge in [-0.3, -0.25) is 0 Å². The first-order valence-electron chi connectivity index (χ1n) is 9.44. The lowest BCUT2D eigenvalue weighted by molar-refractivity contribution is 0.174. The van der Waals surface area contributed by atoms with Gasteiger partial charge < -0.3 is 24.4 Å².